The molecular weight excluding hydrogens is 230 g/mol. The maximum absolute atomic E-state index is 4.17. The normalized spacial score (nSPS) is 17.6. The van der Waals surface area contributed by atoms with Crippen molar-refractivity contribution in [2.24, 2.45) is 4.99 Å². The highest BCUT2D eigenvalue weighted by atomic mass is 14.7. The highest BCUT2D eigenvalue weighted by Gasteiger charge is 2.05. The maximum Gasteiger partial charge on any atom is 0.0336 e. The molecule has 1 nitrogen and oxygen atoms in total. The molecule has 0 spiro atoms. The SMILES string of the molecule is C=CN=CC(=C)C(C)=CC1=C(C)C(=C)CCCC=C1. The Labute approximate surface area is 117 Å². The van der Waals surface area contributed by atoms with Crippen LogP contribution in [-0.2, 0) is 0 Å². The van der Waals surface area contributed by atoms with Crippen LogP contribution in [-0.4, -0.2) is 6.21 Å². The fraction of sp³-hybridized carbons (Fsp3) is 0.278. The van der Waals surface area contributed by atoms with Gasteiger partial charge in [-0.2, -0.15) is 0 Å². The number of nitrogens with zero attached hydrogens (tertiary/aromatic N) is 1. The number of hydrogen-bond acceptors (Lipinski definition) is 1. The molecule has 0 aliphatic heterocycles. The first-order chi connectivity index (χ1) is 9.06. The molecule has 0 aromatic heterocycles. The van der Waals surface area contributed by atoms with Crippen LogP contribution in [0.1, 0.15) is 33.1 Å². The van der Waals surface area contributed by atoms with Gasteiger partial charge in [-0.3, -0.25) is 4.99 Å². The fourth-order valence-electron chi connectivity index (χ4n) is 1.89. The van der Waals surface area contributed by atoms with Crippen LogP contribution in [0.3, 0.4) is 0 Å². The number of aliphatic imine (C=N–C) groups is 1. The quantitative estimate of drug-likeness (QED) is 0.475. The molecule has 0 amide bonds. The van der Waals surface area contributed by atoms with Gasteiger partial charge in [0.25, 0.3) is 0 Å². The lowest BCUT2D eigenvalue weighted by Crippen LogP contribution is -1.94. The van der Waals surface area contributed by atoms with E-state index in [0.717, 1.165) is 24.0 Å². The minimum atomic E-state index is 0.904. The molecule has 0 bridgehead atoms. The molecule has 1 rings (SSSR count). The Kier molecular flexibility index (Phi) is 6.01. The van der Waals surface area contributed by atoms with Gasteiger partial charge >= 0.3 is 0 Å². The Morgan fingerprint density at radius 3 is 2.84 bits per heavy atom. The van der Waals surface area contributed by atoms with Crippen molar-refractivity contribution >= 4 is 6.21 Å². The van der Waals surface area contributed by atoms with Crippen LogP contribution >= 0.6 is 0 Å². The maximum atomic E-state index is 4.17. The fourth-order valence-corrected chi connectivity index (χ4v) is 1.89. The molecule has 0 radical (unpaired) electrons. The summed E-state index contributed by atoms with van der Waals surface area (Å²) in [5.74, 6) is 0. The first-order valence-electron chi connectivity index (χ1n) is 6.63. The van der Waals surface area contributed by atoms with E-state index in [-0.39, 0.29) is 0 Å². The van der Waals surface area contributed by atoms with Crippen LogP contribution in [0.2, 0.25) is 0 Å². The van der Waals surface area contributed by atoms with Crippen molar-refractivity contribution in [1.29, 1.82) is 0 Å². The first kappa shape index (κ1) is 15.2. The van der Waals surface area contributed by atoms with Crippen LogP contribution in [0.15, 0.2) is 77.0 Å². The molecule has 0 aromatic rings. The van der Waals surface area contributed by atoms with Gasteiger partial charge in [0.2, 0.25) is 0 Å². The monoisotopic (exact) mass is 253 g/mol. The molecule has 1 aliphatic carbocycles. The number of allylic oxidation sites excluding steroid dienone is 8. The zero-order valence-corrected chi connectivity index (χ0v) is 12.1. The highest BCUT2D eigenvalue weighted by molar-refractivity contribution is 5.84. The van der Waals surface area contributed by atoms with E-state index in [0.29, 0.717) is 0 Å². The standard InChI is InChI=1S/C18H23N/c1-6-19-13-16(4)15(3)12-18-11-9-7-8-10-14(2)17(18)5/h6,9,11-13H,1-2,4,7-8,10H2,3,5H3. The van der Waals surface area contributed by atoms with Crippen molar-refractivity contribution in [1.82, 2.24) is 0 Å². The Morgan fingerprint density at radius 1 is 1.42 bits per heavy atom. The van der Waals surface area contributed by atoms with Crippen LogP contribution in [0.4, 0.5) is 0 Å². The van der Waals surface area contributed by atoms with Gasteiger partial charge < -0.3 is 0 Å². The van der Waals surface area contributed by atoms with Crippen molar-refractivity contribution < 1.29 is 0 Å². The largest absolute Gasteiger partial charge is 0.265 e. The summed E-state index contributed by atoms with van der Waals surface area (Å²) in [6, 6.07) is 0. The predicted octanol–water partition coefficient (Wildman–Crippen LogP) is 5.32. The van der Waals surface area contributed by atoms with E-state index in [1.165, 1.54) is 29.3 Å². The second-order valence-electron chi connectivity index (χ2n) is 4.79. The second-order valence-corrected chi connectivity index (χ2v) is 4.79. The van der Waals surface area contributed by atoms with Crippen molar-refractivity contribution in [3.63, 3.8) is 0 Å². The van der Waals surface area contributed by atoms with Gasteiger partial charge in [-0.25, -0.2) is 0 Å². The topological polar surface area (TPSA) is 12.4 Å². The van der Waals surface area contributed by atoms with Crippen LogP contribution in [0, 0.1) is 0 Å². The van der Waals surface area contributed by atoms with Crippen molar-refractivity contribution in [3.8, 4) is 0 Å². The summed E-state index contributed by atoms with van der Waals surface area (Å²) < 4.78 is 0. The van der Waals surface area contributed by atoms with E-state index in [1.54, 1.807) is 6.21 Å². The van der Waals surface area contributed by atoms with E-state index in [2.05, 4.69) is 49.9 Å². The Bertz CT molecular complexity index is 496. The minimum Gasteiger partial charge on any atom is -0.265 e. The summed E-state index contributed by atoms with van der Waals surface area (Å²) in [5, 5.41) is 0. The third kappa shape index (κ3) is 4.70. The van der Waals surface area contributed by atoms with E-state index < -0.39 is 0 Å². The van der Waals surface area contributed by atoms with E-state index in [1.807, 2.05) is 6.92 Å². The molecular formula is C18H23N. The molecule has 0 heterocycles. The van der Waals surface area contributed by atoms with E-state index in [4.69, 9.17) is 0 Å². The lowest BCUT2D eigenvalue weighted by Gasteiger charge is -2.12. The zero-order valence-electron chi connectivity index (χ0n) is 12.1. The Morgan fingerprint density at radius 2 is 2.16 bits per heavy atom. The average molecular weight is 253 g/mol. The molecule has 100 valence electrons. The molecule has 0 saturated heterocycles. The van der Waals surface area contributed by atoms with Gasteiger partial charge in [0, 0.05) is 12.4 Å². The molecule has 1 heteroatoms. The van der Waals surface area contributed by atoms with Gasteiger partial charge in [0.15, 0.2) is 0 Å². The van der Waals surface area contributed by atoms with Gasteiger partial charge in [-0.05, 0) is 55.4 Å². The summed E-state index contributed by atoms with van der Waals surface area (Å²) >= 11 is 0. The van der Waals surface area contributed by atoms with Crippen LogP contribution < -0.4 is 0 Å². The minimum absolute atomic E-state index is 0.904. The van der Waals surface area contributed by atoms with Gasteiger partial charge in [0.1, 0.15) is 0 Å². The lowest BCUT2D eigenvalue weighted by molar-refractivity contribution is 0.832. The molecule has 19 heavy (non-hydrogen) atoms. The summed E-state index contributed by atoms with van der Waals surface area (Å²) in [4.78, 5) is 4.00. The molecule has 0 unspecified atom stereocenters. The number of rotatable bonds is 4. The molecule has 0 aromatic carbocycles. The summed E-state index contributed by atoms with van der Waals surface area (Å²) in [6.45, 7) is 15.9. The smallest absolute Gasteiger partial charge is 0.0336 e. The van der Waals surface area contributed by atoms with Crippen molar-refractivity contribution in [2.45, 2.75) is 33.1 Å². The summed E-state index contributed by atoms with van der Waals surface area (Å²) in [7, 11) is 0. The summed E-state index contributed by atoms with van der Waals surface area (Å²) in [5.41, 5.74) is 5.73. The third-order valence-corrected chi connectivity index (χ3v) is 3.32. The Hall–Kier alpha value is -1.89. The van der Waals surface area contributed by atoms with Gasteiger partial charge in [-0.1, -0.05) is 43.5 Å². The van der Waals surface area contributed by atoms with Gasteiger partial charge in [-0.15, -0.1) is 0 Å². The van der Waals surface area contributed by atoms with Crippen LogP contribution in [0.5, 0.6) is 0 Å². The molecule has 0 atom stereocenters. The van der Waals surface area contributed by atoms with E-state index in [9.17, 15) is 0 Å². The average Bonchev–Trinajstić information content (AvgIpc) is 2.40. The summed E-state index contributed by atoms with van der Waals surface area (Å²) in [6.07, 6.45) is 13.2. The molecule has 0 saturated carbocycles. The second kappa shape index (κ2) is 7.52. The zero-order chi connectivity index (χ0) is 14.3. The highest BCUT2D eigenvalue weighted by Crippen LogP contribution is 2.24. The third-order valence-electron chi connectivity index (χ3n) is 3.32. The molecule has 1 aliphatic rings. The molecule has 0 fully saturated rings. The molecule has 0 N–H and O–H groups in total. The van der Waals surface area contributed by atoms with E-state index >= 15 is 0 Å². The Balaban J connectivity index is 3.05. The van der Waals surface area contributed by atoms with Crippen molar-refractivity contribution in [2.75, 3.05) is 0 Å². The lowest BCUT2D eigenvalue weighted by atomic mass is 9.93. The van der Waals surface area contributed by atoms with Crippen LogP contribution in [0.25, 0.3) is 0 Å². The first-order valence-corrected chi connectivity index (χ1v) is 6.63. The van der Waals surface area contributed by atoms with Crippen molar-refractivity contribution in [3.05, 3.63) is 72.0 Å². The van der Waals surface area contributed by atoms with Gasteiger partial charge in [0.05, 0.1) is 0 Å². The predicted molar refractivity (Wildman–Crippen MR) is 86.4 cm³/mol. The number of hydrogen-bond donors (Lipinski definition) is 0.